The van der Waals surface area contributed by atoms with Crippen LogP contribution in [0.1, 0.15) is 11.1 Å². The van der Waals surface area contributed by atoms with E-state index in [2.05, 4.69) is 16.6 Å². The minimum atomic E-state index is -4.70. The zero-order chi connectivity index (χ0) is 16.7. The number of hydrogen-bond acceptors (Lipinski definition) is 3. The first-order valence-corrected chi connectivity index (χ1v) is 6.68. The van der Waals surface area contributed by atoms with Crippen LogP contribution in [0.3, 0.4) is 0 Å². The Morgan fingerprint density at radius 2 is 1.30 bits per heavy atom. The number of halogens is 3. The van der Waals surface area contributed by atoms with Gasteiger partial charge in [0.15, 0.2) is 0 Å². The normalized spacial score (nSPS) is 10.6. The molecule has 0 aliphatic rings. The zero-order valence-electron chi connectivity index (χ0n) is 11.9. The van der Waals surface area contributed by atoms with Crippen LogP contribution in [0.2, 0.25) is 0 Å². The molecule has 23 heavy (non-hydrogen) atoms. The zero-order valence-corrected chi connectivity index (χ0v) is 11.9. The lowest BCUT2D eigenvalue weighted by Gasteiger charge is -2.07. The Balaban J connectivity index is 2.01. The topological polar surface area (TPSA) is 38.7 Å². The largest absolute Gasteiger partial charge is 0.573 e. The van der Waals surface area contributed by atoms with E-state index in [1.807, 2.05) is 0 Å². The molecule has 0 saturated heterocycles. The molecule has 0 radical (unpaired) electrons. The number of benzene rings is 2. The van der Waals surface area contributed by atoms with Gasteiger partial charge in [0.1, 0.15) is 18.1 Å². The molecule has 0 fully saturated rings. The molecule has 0 heterocycles. The summed E-state index contributed by atoms with van der Waals surface area (Å²) in [7, 11) is 0. The number of alkyl halides is 3. The van der Waals surface area contributed by atoms with Gasteiger partial charge in [-0.1, -0.05) is 11.8 Å². The van der Waals surface area contributed by atoms with Crippen LogP contribution in [0.15, 0.2) is 48.5 Å². The van der Waals surface area contributed by atoms with E-state index in [1.165, 1.54) is 24.3 Å². The van der Waals surface area contributed by atoms with E-state index in [0.717, 1.165) is 5.56 Å². The Labute approximate surface area is 131 Å². The molecule has 6 heteroatoms. The molecule has 0 aliphatic heterocycles. The van der Waals surface area contributed by atoms with Crippen molar-refractivity contribution in [3.8, 4) is 23.3 Å². The first-order valence-electron chi connectivity index (χ1n) is 6.68. The highest BCUT2D eigenvalue weighted by atomic mass is 19.4. The van der Waals surface area contributed by atoms with Gasteiger partial charge in [-0.25, -0.2) is 0 Å². The van der Waals surface area contributed by atoms with E-state index in [4.69, 9.17) is 9.84 Å². The van der Waals surface area contributed by atoms with Crippen molar-refractivity contribution in [2.75, 3.05) is 13.2 Å². The number of hydrogen-bond donors (Lipinski definition) is 1. The summed E-state index contributed by atoms with van der Waals surface area (Å²) in [5, 5.41) is 8.66. The van der Waals surface area contributed by atoms with Crippen LogP contribution in [0.5, 0.6) is 11.5 Å². The van der Waals surface area contributed by atoms with Gasteiger partial charge in [0.2, 0.25) is 0 Å². The first kappa shape index (κ1) is 16.7. The minimum absolute atomic E-state index is 0.0599. The van der Waals surface area contributed by atoms with Crippen LogP contribution in [-0.2, 0) is 0 Å². The smallest absolute Gasteiger partial charge is 0.491 e. The van der Waals surface area contributed by atoms with Gasteiger partial charge in [-0.15, -0.1) is 13.2 Å². The maximum atomic E-state index is 12.0. The van der Waals surface area contributed by atoms with Crippen molar-refractivity contribution in [2.24, 2.45) is 0 Å². The van der Waals surface area contributed by atoms with Gasteiger partial charge in [-0.3, -0.25) is 0 Å². The molecule has 0 amide bonds. The Morgan fingerprint density at radius 3 is 1.74 bits per heavy atom. The third-order valence-corrected chi connectivity index (χ3v) is 2.65. The summed E-state index contributed by atoms with van der Waals surface area (Å²) in [4.78, 5) is 0. The molecule has 1 N–H and O–H groups in total. The van der Waals surface area contributed by atoms with Gasteiger partial charge in [0.05, 0.1) is 6.61 Å². The van der Waals surface area contributed by atoms with Gasteiger partial charge in [-0.2, -0.15) is 0 Å². The summed E-state index contributed by atoms with van der Waals surface area (Å²) in [5.74, 6) is 6.08. The number of ether oxygens (including phenoxy) is 2. The van der Waals surface area contributed by atoms with Crippen LogP contribution in [0.25, 0.3) is 0 Å². The van der Waals surface area contributed by atoms with Crippen molar-refractivity contribution >= 4 is 0 Å². The highest BCUT2D eigenvalue weighted by molar-refractivity contribution is 5.45. The monoisotopic (exact) mass is 322 g/mol. The molecule has 0 aromatic heterocycles. The van der Waals surface area contributed by atoms with E-state index >= 15 is 0 Å². The van der Waals surface area contributed by atoms with Gasteiger partial charge in [0.25, 0.3) is 0 Å². The Hall–Kier alpha value is -2.65. The Bertz CT molecular complexity index is 680. The molecule has 0 bridgehead atoms. The van der Waals surface area contributed by atoms with Gasteiger partial charge in [0, 0.05) is 11.1 Å². The predicted molar refractivity (Wildman–Crippen MR) is 78.1 cm³/mol. The molecule has 120 valence electrons. The highest BCUT2D eigenvalue weighted by Gasteiger charge is 2.30. The van der Waals surface area contributed by atoms with Gasteiger partial charge < -0.3 is 14.6 Å². The highest BCUT2D eigenvalue weighted by Crippen LogP contribution is 2.22. The fourth-order valence-electron chi connectivity index (χ4n) is 1.68. The number of rotatable bonds is 4. The molecule has 0 atom stereocenters. The summed E-state index contributed by atoms with van der Waals surface area (Å²) in [5.41, 5.74) is 1.30. The van der Waals surface area contributed by atoms with Crippen molar-refractivity contribution in [3.05, 3.63) is 59.7 Å². The van der Waals surface area contributed by atoms with Gasteiger partial charge >= 0.3 is 6.36 Å². The molecule has 2 aromatic carbocycles. The van der Waals surface area contributed by atoms with E-state index < -0.39 is 6.36 Å². The molecule has 0 saturated carbocycles. The van der Waals surface area contributed by atoms with Crippen molar-refractivity contribution in [2.45, 2.75) is 6.36 Å². The quantitative estimate of drug-likeness (QED) is 0.877. The summed E-state index contributed by atoms with van der Waals surface area (Å²) < 4.78 is 45.1. The lowest BCUT2D eigenvalue weighted by Crippen LogP contribution is -2.16. The third kappa shape index (κ3) is 5.93. The van der Waals surface area contributed by atoms with E-state index in [9.17, 15) is 13.2 Å². The fraction of sp³-hybridized carbons (Fsp3) is 0.176. The van der Waals surface area contributed by atoms with E-state index in [0.29, 0.717) is 11.3 Å². The first-order chi connectivity index (χ1) is 11.0. The van der Waals surface area contributed by atoms with Crippen LogP contribution in [0.4, 0.5) is 13.2 Å². The second-order valence-electron chi connectivity index (χ2n) is 4.42. The standard InChI is InChI=1S/C17H13F3O3/c18-17(19,20)23-16-9-5-14(6-10-16)2-1-13-3-7-15(8-4-13)22-12-11-21/h3-10,21H,11-12H2. The summed E-state index contributed by atoms with van der Waals surface area (Å²) >= 11 is 0. The number of aliphatic hydroxyl groups is 1. The molecule has 2 rings (SSSR count). The summed E-state index contributed by atoms with van der Waals surface area (Å²) in [6.45, 7) is 0.160. The van der Waals surface area contributed by atoms with Gasteiger partial charge in [-0.05, 0) is 48.5 Å². The third-order valence-electron chi connectivity index (χ3n) is 2.65. The molecular formula is C17H13F3O3. The van der Waals surface area contributed by atoms with Crippen LogP contribution in [0, 0.1) is 11.8 Å². The van der Waals surface area contributed by atoms with Crippen molar-refractivity contribution in [1.82, 2.24) is 0 Å². The van der Waals surface area contributed by atoms with Crippen LogP contribution in [-0.4, -0.2) is 24.7 Å². The lowest BCUT2D eigenvalue weighted by atomic mass is 10.2. The fourth-order valence-corrected chi connectivity index (χ4v) is 1.68. The molecular weight excluding hydrogens is 309 g/mol. The lowest BCUT2D eigenvalue weighted by molar-refractivity contribution is -0.274. The summed E-state index contributed by atoms with van der Waals surface area (Å²) in [6.07, 6.45) is -4.70. The maximum Gasteiger partial charge on any atom is 0.573 e. The van der Waals surface area contributed by atoms with Crippen LogP contribution < -0.4 is 9.47 Å². The molecule has 2 aromatic rings. The maximum absolute atomic E-state index is 12.0. The van der Waals surface area contributed by atoms with Crippen molar-refractivity contribution in [3.63, 3.8) is 0 Å². The Morgan fingerprint density at radius 1 is 0.826 bits per heavy atom. The predicted octanol–water partition coefficient (Wildman–Crippen LogP) is 3.36. The van der Waals surface area contributed by atoms with E-state index in [-0.39, 0.29) is 19.0 Å². The SMILES string of the molecule is OCCOc1ccc(C#Cc2ccc(OC(F)(F)F)cc2)cc1. The molecule has 0 unspecified atom stereocenters. The molecule has 0 aliphatic carbocycles. The number of aliphatic hydroxyl groups excluding tert-OH is 1. The average molecular weight is 322 g/mol. The second-order valence-corrected chi connectivity index (χ2v) is 4.42. The second kappa shape index (κ2) is 7.56. The average Bonchev–Trinajstić information content (AvgIpc) is 2.52. The van der Waals surface area contributed by atoms with Crippen molar-refractivity contribution in [1.29, 1.82) is 0 Å². The van der Waals surface area contributed by atoms with Crippen molar-refractivity contribution < 1.29 is 27.8 Å². The molecule has 0 spiro atoms. The molecule has 3 nitrogen and oxygen atoms in total. The van der Waals surface area contributed by atoms with Crippen LogP contribution >= 0.6 is 0 Å². The summed E-state index contributed by atoms with van der Waals surface area (Å²) in [6, 6.07) is 12.3. The Kier molecular flexibility index (Phi) is 5.50. The minimum Gasteiger partial charge on any atom is -0.491 e. The van der Waals surface area contributed by atoms with E-state index in [1.54, 1.807) is 24.3 Å².